The SMILES string of the molecule is CC(=O)Nc1cncc(C(=O)/C=C/c2ccccc2O)c1. The second kappa shape index (κ2) is 6.47. The summed E-state index contributed by atoms with van der Waals surface area (Å²) in [6.45, 7) is 1.38. The van der Waals surface area contributed by atoms with E-state index in [-0.39, 0.29) is 17.4 Å². The van der Waals surface area contributed by atoms with Crippen molar-refractivity contribution in [2.75, 3.05) is 5.32 Å². The Kier molecular flexibility index (Phi) is 4.46. The van der Waals surface area contributed by atoms with Crippen LogP contribution in [-0.2, 0) is 4.79 Å². The van der Waals surface area contributed by atoms with Crippen molar-refractivity contribution >= 4 is 23.5 Å². The van der Waals surface area contributed by atoms with E-state index in [0.29, 0.717) is 16.8 Å². The highest BCUT2D eigenvalue weighted by molar-refractivity contribution is 6.07. The van der Waals surface area contributed by atoms with E-state index < -0.39 is 0 Å². The minimum absolute atomic E-state index is 0.103. The molecule has 2 N–H and O–H groups in total. The minimum Gasteiger partial charge on any atom is -0.507 e. The van der Waals surface area contributed by atoms with Gasteiger partial charge in [-0.3, -0.25) is 14.6 Å². The molecular formula is C16H14N2O3. The van der Waals surface area contributed by atoms with Crippen LogP contribution in [0.15, 0.2) is 48.8 Å². The normalized spacial score (nSPS) is 10.5. The Morgan fingerprint density at radius 3 is 2.71 bits per heavy atom. The summed E-state index contributed by atoms with van der Waals surface area (Å²) < 4.78 is 0. The number of phenolic OH excluding ortho intramolecular Hbond substituents is 1. The largest absolute Gasteiger partial charge is 0.507 e. The van der Waals surface area contributed by atoms with Gasteiger partial charge in [0.2, 0.25) is 5.91 Å². The first-order valence-corrected chi connectivity index (χ1v) is 6.29. The molecule has 1 aromatic heterocycles. The van der Waals surface area contributed by atoms with Crippen molar-refractivity contribution in [2.45, 2.75) is 6.92 Å². The van der Waals surface area contributed by atoms with Crippen molar-refractivity contribution < 1.29 is 14.7 Å². The van der Waals surface area contributed by atoms with Gasteiger partial charge in [0.25, 0.3) is 0 Å². The Hall–Kier alpha value is -2.95. The van der Waals surface area contributed by atoms with Crippen molar-refractivity contribution in [3.05, 3.63) is 59.9 Å². The van der Waals surface area contributed by atoms with Gasteiger partial charge in [-0.25, -0.2) is 0 Å². The van der Waals surface area contributed by atoms with Crippen LogP contribution in [0.25, 0.3) is 6.08 Å². The number of pyridine rings is 1. The summed E-state index contributed by atoms with van der Waals surface area (Å²) >= 11 is 0. The van der Waals surface area contributed by atoms with E-state index in [9.17, 15) is 14.7 Å². The minimum atomic E-state index is -0.266. The van der Waals surface area contributed by atoms with Gasteiger partial charge >= 0.3 is 0 Å². The number of anilines is 1. The van der Waals surface area contributed by atoms with Crippen LogP contribution < -0.4 is 5.32 Å². The van der Waals surface area contributed by atoms with Crippen LogP contribution in [-0.4, -0.2) is 21.8 Å². The number of benzene rings is 1. The molecular weight excluding hydrogens is 268 g/mol. The number of amides is 1. The van der Waals surface area contributed by atoms with Crippen LogP contribution in [0.1, 0.15) is 22.8 Å². The predicted molar refractivity (Wildman–Crippen MR) is 80.0 cm³/mol. The van der Waals surface area contributed by atoms with E-state index in [1.165, 1.54) is 31.5 Å². The van der Waals surface area contributed by atoms with Gasteiger partial charge in [-0.1, -0.05) is 18.2 Å². The summed E-state index contributed by atoms with van der Waals surface area (Å²) in [6, 6.07) is 8.26. The zero-order valence-corrected chi connectivity index (χ0v) is 11.4. The van der Waals surface area contributed by atoms with E-state index in [1.54, 1.807) is 30.3 Å². The van der Waals surface area contributed by atoms with Crippen LogP contribution in [0.3, 0.4) is 0 Å². The summed E-state index contributed by atoms with van der Waals surface area (Å²) in [5.74, 6) is -0.393. The maximum absolute atomic E-state index is 12.0. The molecule has 0 aliphatic heterocycles. The Morgan fingerprint density at radius 1 is 1.24 bits per heavy atom. The van der Waals surface area contributed by atoms with Gasteiger partial charge in [0.05, 0.1) is 11.9 Å². The van der Waals surface area contributed by atoms with Gasteiger partial charge < -0.3 is 10.4 Å². The highest BCUT2D eigenvalue weighted by Crippen LogP contribution is 2.17. The van der Waals surface area contributed by atoms with Gasteiger partial charge in [0.1, 0.15) is 5.75 Å². The molecule has 0 saturated carbocycles. The number of phenols is 1. The molecule has 1 heterocycles. The fourth-order valence-corrected chi connectivity index (χ4v) is 1.74. The Morgan fingerprint density at radius 2 is 2.00 bits per heavy atom. The molecule has 106 valence electrons. The zero-order valence-electron chi connectivity index (χ0n) is 11.4. The molecule has 0 bridgehead atoms. The highest BCUT2D eigenvalue weighted by Gasteiger charge is 2.05. The lowest BCUT2D eigenvalue weighted by Gasteiger charge is -2.02. The number of carbonyl (C=O) groups is 2. The van der Waals surface area contributed by atoms with Gasteiger partial charge in [-0.2, -0.15) is 0 Å². The number of hydrogen-bond donors (Lipinski definition) is 2. The lowest BCUT2D eigenvalue weighted by atomic mass is 10.1. The van der Waals surface area contributed by atoms with E-state index in [2.05, 4.69) is 10.3 Å². The standard InChI is InChI=1S/C16H14N2O3/c1-11(19)18-14-8-13(9-17-10-14)16(21)7-6-12-4-2-3-5-15(12)20/h2-10,20H,1H3,(H,18,19)/b7-6+. The van der Waals surface area contributed by atoms with Crippen molar-refractivity contribution in [3.8, 4) is 5.75 Å². The fraction of sp³-hybridized carbons (Fsp3) is 0.0625. The third kappa shape index (κ3) is 4.01. The summed E-state index contributed by atoms with van der Waals surface area (Å²) in [5, 5.41) is 12.2. The number of hydrogen-bond acceptors (Lipinski definition) is 4. The molecule has 0 saturated heterocycles. The third-order valence-electron chi connectivity index (χ3n) is 2.69. The summed E-state index contributed by atoms with van der Waals surface area (Å²) in [6.07, 6.45) is 5.76. The summed E-state index contributed by atoms with van der Waals surface area (Å²) in [7, 11) is 0. The van der Waals surface area contributed by atoms with Gasteiger partial charge in [0, 0.05) is 24.2 Å². The van der Waals surface area contributed by atoms with Gasteiger partial charge in [-0.05, 0) is 24.3 Å². The molecule has 0 aliphatic rings. The first-order chi connectivity index (χ1) is 10.1. The lowest BCUT2D eigenvalue weighted by molar-refractivity contribution is -0.114. The smallest absolute Gasteiger partial charge is 0.221 e. The van der Waals surface area contributed by atoms with Crippen LogP contribution in [0.2, 0.25) is 0 Å². The number of ketones is 1. The van der Waals surface area contributed by atoms with Gasteiger partial charge in [0.15, 0.2) is 5.78 Å². The molecule has 21 heavy (non-hydrogen) atoms. The lowest BCUT2D eigenvalue weighted by Crippen LogP contribution is -2.07. The number of nitrogens with zero attached hydrogens (tertiary/aromatic N) is 1. The molecule has 0 unspecified atom stereocenters. The van der Waals surface area contributed by atoms with Gasteiger partial charge in [-0.15, -0.1) is 0 Å². The monoisotopic (exact) mass is 282 g/mol. The average molecular weight is 282 g/mol. The van der Waals surface area contributed by atoms with Crippen molar-refractivity contribution in [1.82, 2.24) is 4.98 Å². The van der Waals surface area contributed by atoms with Crippen molar-refractivity contribution in [3.63, 3.8) is 0 Å². The quantitative estimate of drug-likeness (QED) is 0.667. The highest BCUT2D eigenvalue weighted by atomic mass is 16.3. The first-order valence-electron chi connectivity index (χ1n) is 6.29. The maximum Gasteiger partial charge on any atom is 0.221 e. The molecule has 2 aromatic rings. The molecule has 0 atom stereocenters. The maximum atomic E-state index is 12.0. The van der Waals surface area contributed by atoms with Crippen LogP contribution in [0, 0.1) is 0 Å². The number of aromatic nitrogens is 1. The van der Waals surface area contributed by atoms with E-state index in [0.717, 1.165) is 0 Å². The van der Waals surface area contributed by atoms with Crippen molar-refractivity contribution in [1.29, 1.82) is 0 Å². The predicted octanol–water partition coefficient (Wildman–Crippen LogP) is 2.64. The molecule has 0 aliphatic carbocycles. The Bertz CT molecular complexity index is 708. The Labute approximate surface area is 122 Å². The Balaban J connectivity index is 2.17. The second-order valence-electron chi connectivity index (χ2n) is 4.40. The second-order valence-corrected chi connectivity index (χ2v) is 4.40. The molecule has 5 nitrogen and oxygen atoms in total. The molecule has 2 rings (SSSR count). The molecule has 0 spiro atoms. The van der Waals surface area contributed by atoms with E-state index in [1.807, 2.05) is 0 Å². The molecule has 5 heteroatoms. The number of aromatic hydroxyl groups is 1. The van der Waals surface area contributed by atoms with Crippen LogP contribution in [0.4, 0.5) is 5.69 Å². The number of allylic oxidation sites excluding steroid dienone is 1. The fourth-order valence-electron chi connectivity index (χ4n) is 1.74. The molecule has 0 radical (unpaired) electrons. The number of para-hydroxylation sites is 1. The van der Waals surface area contributed by atoms with E-state index in [4.69, 9.17) is 0 Å². The number of carbonyl (C=O) groups excluding carboxylic acids is 2. The molecule has 1 aromatic carbocycles. The topological polar surface area (TPSA) is 79.3 Å². The average Bonchev–Trinajstić information content (AvgIpc) is 2.45. The number of nitrogens with one attached hydrogen (secondary N) is 1. The van der Waals surface area contributed by atoms with E-state index >= 15 is 0 Å². The molecule has 0 fully saturated rings. The van der Waals surface area contributed by atoms with Crippen molar-refractivity contribution in [2.24, 2.45) is 0 Å². The number of rotatable bonds is 4. The first kappa shape index (κ1) is 14.5. The third-order valence-corrected chi connectivity index (χ3v) is 2.69. The summed E-state index contributed by atoms with van der Waals surface area (Å²) in [4.78, 5) is 26.9. The zero-order chi connectivity index (χ0) is 15.2. The van der Waals surface area contributed by atoms with Crippen LogP contribution in [0.5, 0.6) is 5.75 Å². The van der Waals surface area contributed by atoms with Crippen LogP contribution >= 0.6 is 0 Å². The summed E-state index contributed by atoms with van der Waals surface area (Å²) in [5.41, 5.74) is 1.37. The molecule has 1 amide bonds.